The molecular formula is C29H24N2O4S. The number of ether oxygens (including phenoxy) is 1. The van der Waals surface area contributed by atoms with E-state index in [-0.39, 0.29) is 17.9 Å². The number of carbonyl (C=O) groups is 2. The molecule has 1 saturated heterocycles. The number of rotatable bonds is 7. The maximum atomic E-state index is 13.2. The van der Waals surface area contributed by atoms with E-state index in [0.29, 0.717) is 17.9 Å². The Bertz CT molecular complexity index is 1420. The van der Waals surface area contributed by atoms with Gasteiger partial charge in [0.15, 0.2) is 0 Å². The summed E-state index contributed by atoms with van der Waals surface area (Å²) in [6.45, 7) is 2.52. The van der Waals surface area contributed by atoms with Crippen molar-refractivity contribution in [2.24, 2.45) is 0 Å². The number of ketones is 1. The average Bonchev–Trinajstić information content (AvgIpc) is 3.52. The van der Waals surface area contributed by atoms with Gasteiger partial charge in [0.1, 0.15) is 18.1 Å². The zero-order valence-electron chi connectivity index (χ0n) is 19.6. The monoisotopic (exact) mass is 496 g/mol. The van der Waals surface area contributed by atoms with Crippen LogP contribution in [0.1, 0.15) is 33.2 Å². The van der Waals surface area contributed by atoms with Crippen molar-refractivity contribution in [1.82, 2.24) is 9.88 Å². The Hall–Kier alpha value is -4.23. The third kappa shape index (κ3) is 4.65. The van der Waals surface area contributed by atoms with Crippen molar-refractivity contribution in [1.29, 1.82) is 0 Å². The molecular weight excluding hydrogens is 472 g/mol. The minimum Gasteiger partial charge on any atom is -0.507 e. The number of pyridine rings is 1. The van der Waals surface area contributed by atoms with E-state index < -0.39 is 17.7 Å². The molecule has 7 heteroatoms. The van der Waals surface area contributed by atoms with E-state index in [9.17, 15) is 14.7 Å². The lowest BCUT2D eigenvalue weighted by Crippen LogP contribution is -2.28. The molecule has 5 rings (SSSR count). The van der Waals surface area contributed by atoms with Crippen LogP contribution in [-0.2, 0) is 22.7 Å². The summed E-state index contributed by atoms with van der Waals surface area (Å²) in [5, 5.41) is 13.2. The summed E-state index contributed by atoms with van der Waals surface area (Å²) in [5.74, 6) is -0.851. The van der Waals surface area contributed by atoms with Crippen LogP contribution in [0.25, 0.3) is 5.76 Å². The van der Waals surface area contributed by atoms with Gasteiger partial charge in [0.2, 0.25) is 0 Å². The predicted molar refractivity (Wildman–Crippen MR) is 138 cm³/mol. The number of hydrogen-bond acceptors (Lipinski definition) is 6. The Labute approximate surface area is 213 Å². The highest BCUT2D eigenvalue weighted by atomic mass is 32.1. The number of likely N-dealkylation sites (tertiary alicyclic amines) is 1. The Kier molecular flexibility index (Phi) is 6.64. The van der Waals surface area contributed by atoms with Gasteiger partial charge in [-0.1, -0.05) is 42.5 Å². The van der Waals surface area contributed by atoms with E-state index in [1.54, 1.807) is 36.7 Å². The minimum absolute atomic E-state index is 0.0868. The van der Waals surface area contributed by atoms with Crippen molar-refractivity contribution in [2.75, 3.05) is 0 Å². The van der Waals surface area contributed by atoms with E-state index in [2.05, 4.69) is 4.98 Å². The molecule has 0 unspecified atom stereocenters. The highest BCUT2D eigenvalue weighted by Crippen LogP contribution is 2.42. The lowest BCUT2D eigenvalue weighted by Gasteiger charge is -2.24. The molecule has 6 nitrogen and oxygen atoms in total. The summed E-state index contributed by atoms with van der Waals surface area (Å²) in [5.41, 5.74) is 3.21. The molecule has 180 valence electrons. The molecule has 4 aromatic rings. The molecule has 0 radical (unpaired) electrons. The highest BCUT2D eigenvalue weighted by molar-refractivity contribution is 7.10. The number of thiophene rings is 1. The van der Waals surface area contributed by atoms with E-state index in [4.69, 9.17) is 4.74 Å². The van der Waals surface area contributed by atoms with Gasteiger partial charge in [0, 0.05) is 29.4 Å². The SMILES string of the molecule is Cc1cc(/C(O)=C2\C(=O)C(=O)N(Cc3cccnc3)[C@@H]2c2cccs2)ccc1OCc1ccccc1. The number of nitrogens with zero attached hydrogens (tertiary/aromatic N) is 2. The molecule has 2 aromatic heterocycles. The molecule has 1 aliphatic rings. The first-order valence-electron chi connectivity index (χ1n) is 11.5. The van der Waals surface area contributed by atoms with Crippen LogP contribution >= 0.6 is 11.3 Å². The lowest BCUT2D eigenvalue weighted by molar-refractivity contribution is -0.140. The zero-order valence-corrected chi connectivity index (χ0v) is 20.4. The van der Waals surface area contributed by atoms with Gasteiger partial charge in [-0.3, -0.25) is 14.6 Å². The largest absolute Gasteiger partial charge is 0.507 e. The quantitative estimate of drug-likeness (QED) is 0.203. The molecule has 0 saturated carbocycles. The maximum Gasteiger partial charge on any atom is 0.295 e. The molecule has 1 atom stereocenters. The van der Waals surface area contributed by atoms with Gasteiger partial charge in [-0.05, 0) is 59.3 Å². The van der Waals surface area contributed by atoms with Gasteiger partial charge in [-0.25, -0.2) is 0 Å². The van der Waals surface area contributed by atoms with Gasteiger partial charge < -0.3 is 14.7 Å². The zero-order chi connectivity index (χ0) is 25.1. The molecule has 3 heterocycles. The Morgan fingerprint density at radius 1 is 1.03 bits per heavy atom. The first kappa shape index (κ1) is 23.5. The summed E-state index contributed by atoms with van der Waals surface area (Å²) < 4.78 is 5.95. The summed E-state index contributed by atoms with van der Waals surface area (Å²) in [7, 11) is 0. The molecule has 1 fully saturated rings. The minimum atomic E-state index is -0.697. The van der Waals surface area contributed by atoms with Gasteiger partial charge >= 0.3 is 0 Å². The molecule has 0 aliphatic carbocycles. The number of carbonyl (C=O) groups excluding carboxylic acids is 2. The van der Waals surface area contributed by atoms with Crippen LogP contribution in [0.2, 0.25) is 0 Å². The number of benzene rings is 2. The second kappa shape index (κ2) is 10.2. The fourth-order valence-corrected chi connectivity index (χ4v) is 5.17. The average molecular weight is 497 g/mol. The van der Waals surface area contributed by atoms with Crippen LogP contribution in [0.4, 0.5) is 0 Å². The van der Waals surface area contributed by atoms with Crippen LogP contribution in [0, 0.1) is 6.92 Å². The fraction of sp³-hybridized carbons (Fsp3) is 0.138. The van der Waals surface area contributed by atoms with Crippen LogP contribution in [-0.4, -0.2) is 26.7 Å². The van der Waals surface area contributed by atoms with E-state index in [1.165, 1.54) is 16.2 Å². The van der Waals surface area contributed by atoms with Crippen LogP contribution < -0.4 is 4.74 Å². The van der Waals surface area contributed by atoms with Gasteiger partial charge in [0.05, 0.1) is 11.6 Å². The number of Topliss-reactive ketones (excluding diaryl/α,β-unsaturated/α-hetero) is 1. The fourth-order valence-electron chi connectivity index (χ4n) is 4.32. The van der Waals surface area contributed by atoms with Crippen LogP contribution in [0.3, 0.4) is 0 Å². The second-order valence-corrected chi connectivity index (χ2v) is 9.54. The molecule has 1 aliphatic heterocycles. The summed E-state index contributed by atoms with van der Waals surface area (Å²) >= 11 is 1.44. The first-order valence-corrected chi connectivity index (χ1v) is 12.4. The van der Waals surface area contributed by atoms with E-state index >= 15 is 0 Å². The predicted octanol–water partition coefficient (Wildman–Crippen LogP) is 5.65. The van der Waals surface area contributed by atoms with Crippen molar-refractivity contribution in [3.8, 4) is 5.75 Å². The van der Waals surface area contributed by atoms with Crippen LogP contribution in [0.5, 0.6) is 5.75 Å². The number of hydrogen-bond donors (Lipinski definition) is 1. The van der Waals surface area contributed by atoms with Crippen molar-refractivity contribution >= 4 is 28.8 Å². The van der Waals surface area contributed by atoms with Crippen molar-refractivity contribution in [3.63, 3.8) is 0 Å². The summed E-state index contributed by atoms with van der Waals surface area (Å²) in [6, 6.07) is 21.8. The van der Waals surface area contributed by atoms with Gasteiger partial charge in [-0.15, -0.1) is 11.3 Å². The Morgan fingerprint density at radius 2 is 1.83 bits per heavy atom. The standard InChI is InChI=1S/C29H24N2O4S/c1-19-15-22(11-12-23(19)35-18-20-7-3-2-4-8-20)27(32)25-26(24-10-6-14-36-24)31(29(34)28(25)33)17-21-9-5-13-30-16-21/h2-16,26,32H,17-18H2,1H3/b27-25+/t26-/m1/s1. The van der Waals surface area contributed by atoms with Gasteiger partial charge in [0.25, 0.3) is 11.7 Å². The second-order valence-electron chi connectivity index (χ2n) is 8.56. The van der Waals surface area contributed by atoms with Crippen molar-refractivity contribution < 1.29 is 19.4 Å². The smallest absolute Gasteiger partial charge is 0.295 e. The van der Waals surface area contributed by atoms with E-state index in [0.717, 1.165) is 21.6 Å². The normalized spacial score (nSPS) is 16.9. The number of aliphatic hydroxyl groups excluding tert-OH is 1. The number of aromatic nitrogens is 1. The number of aryl methyl sites for hydroxylation is 1. The maximum absolute atomic E-state index is 13.2. The molecule has 0 spiro atoms. The topological polar surface area (TPSA) is 79.7 Å². The third-order valence-corrected chi connectivity index (χ3v) is 7.04. The van der Waals surface area contributed by atoms with Crippen LogP contribution in [0.15, 0.2) is 96.1 Å². The first-order chi connectivity index (χ1) is 17.5. The number of amides is 1. The lowest BCUT2D eigenvalue weighted by atomic mass is 9.98. The van der Waals surface area contributed by atoms with Crippen molar-refractivity contribution in [3.05, 3.63) is 123 Å². The summed E-state index contributed by atoms with van der Waals surface area (Å²) in [6.07, 6.45) is 3.33. The molecule has 1 amide bonds. The van der Waals surface area contributed by atoms with E-state index in [1.807, 2.05) is 60.8 Å². The Morgan fingerprint density at radius 3 is 2.53 bits per heavy atom. The Balaban J connectivity index is 1.48. The highest BCUT2D eigenvalue weighted by Gasteiger charge is 2.46. The third-order valence-electron chi connectivity index (χ3n) is 6.11. The van der Waals surface area contributed by atoms with Crippen molar-refractivity contribution in [2.45, 2.75) is 26.1 Å². The summed E-state index contributed by atoms with van der Waals surface area (Å²) in [4.78, 5) is 32.7. The number of aliphatic hydroxyl groups is 1. The molecule has 0 bridgehead atoms. The van der Waals surface area contributed by atoms with Gasteiger partial charge in [-0.2, -0.15) is 0 Å². The molecule has 2 aromatic carbocycles. The molecule has 36 heavy (non-hydrogen) atoms. The molecule has 1 N–H and O–H groups in total.